The van der Waals surface area contributed by atoms with Crippen molar-refractivity contribution < 1.29 is 0 Å². The molecule has 2 rings (SSSR count). The number of halogens is 1. The topological polar surface area (TPSA) is 53.1 Å². The standard InChI is InChI=1S/C14H20BrN3/c1-2-18(9-10-4-3-5-10)11-6-7-12(14(16)17)13(15)8-11/h6-8,10H,2-5,9H2,1H3,(H3,16,17). The van der Waals surface area contributed by atoms with Crippen LogP contribution in [-0.4, -0.2) is 18.9 Å². The van der Waals surface area contributed by atoms with Gasteiger partial charge in [0.2, 0.25) is 0 Å². The van der Waals surface area contributed by atoms with E-state index in [1.54, 1.807) is 0 Å². The molecule has 0 bridgehead atoms. The third-order valence-corrected chi connectivity index (χ3v) is 4.35. The van der Waals surface area contributed by atoms with E-state index in [4.69, 9.17) is 11.1 Å². The molecule has 4 heteroatoms. The number of anilines is 1. The second-order valence-corrected chi connectivity index (χ2v) is 5.77. The molecule has 3 N–H and O–H groups in total. The molecule has 0 radical (unpaired) electrons. The molecule has 0 heterocycles. The Kier molecular flexibility index (Phi) is 4.27. The zero-order valence-corrected chi connectivity index (χ0v) is 12.3. The fourth-order valence-corrected chi connectivity index (χ4v) is 2.90. The molecule has 3 nitrogen and oxygen atoms in total. The average Bonchev–Trinajstić information content (AvgIpc) is 2.27. The normalized spacial score (nSPS) is 15.2. The highest BCUT2D eigenvalue weighted by Crippen LogP contribution is 2.30. The summed E-state index contributed by atoms with van der Waals surface area (Å²) in [6.07, 6.45) is 4.11. The highest BCUT2D eigenvalue weighted by atomic mass is 79.9. The van der Waals surface area contributed by atoms with Crippen molar-refractivity contribution in [3.63, 3.8) is 0 Å². The molecule has 0 aliphatic heterocycles. The lowest BCUT2D eigenvalue weighted by atomic mass is 9.85. The lowest BCUT2D eigenvalue weighted by Gasteiger charge is -2.33. The maximum absolute atomic E-state index is 7.49. The van der Waals surface area contributed by atoms with Gasteiger partial charge in [-0.1, -0.05) is 6.42 Å². The number of nitrogens with zero attached hydrogens (tertiary/aromatic N) is 1. The predicted octanol–water partition coefficient (Wildman–Crippen LogP) is 3.36. The van der Waals surface area contributed by atoms with E-state index in [-0.39, 0.29) is 5.84 Å². The van der Waals surface area contributed by atoms with E-state index in [0.29, 0.717) is 0 Å². The zero-order chi connectivity index (χ0) is 13.1. The van der Waals surface area contributed by atoms with Crippen molar-refractivity contribution in [2.75, 3.05) is 18.0 Å². The van der Waals surface area contributed by atoms with Gasteiger partial charge < -0.3 is 10.6 Å². The lowest BCUT2D eigenvalue weighted by Crippen LogP contribution is -2.32. The van der Waals surface area contributed by atoms with Crippen LogP contribution in [0.5, 0.6) is 0 Å². The van der Waals surface area contributed by atoms with E-state index >= 15 is 0 Å². The van der Waals surface area contributed by atoms with E-state index in [9.17, 15) is 0 Å². The van der Waals surface area contributed by atoms with Gasteiger partial charge >= 0.3 is 0 Å². The predicted molar refractivity (Wildman–Crippen MR) is 80.4 cm³/mol. The Morgan fingerprint density at radius 3 is 2.67 bits per heavy atom. The summed E-state index contributed by atoms with van der Waals surface area (Å²) in [5, 5.41) is 7.49. The minimum atomic E-state index is 0.107. The highest BCUT2D eigenvalue weighted by Gasteiger charge is 2.20. The van der Waals surface area contributed by atoms with Crippen LogP contribution in [0.3, 0.4) is 0 Å². The Hall–Kier alpha value is -1.03. The van der Waals surface area contributed by atoms with Crippen LogP contribution < -0.4 is 10.6 Å². The number of nitrogens with two attached hydrogens (primary N) is 1. The van der Waals surface area contributed by atoms with Gasteiger partial charge in [-0.15, -0.1) is 0 Å². The van der Waals surface area contributed by atoms with Crippen molar-refractivity contribution in [2.45, 2.75) is 26.2 Å². The van der Waals surface area contributed by atoms with Gasteiger partial charge in [-0.25, -0.2) is 0 Å². The van der Waals surface area contributed by atoms with E-state index < -0.39 is 0 Å². The average molecular weight is 310 g/mol. The van der Waals surface area contributed by atoms with Crippen LogP contribution in [0.15, 0.2) is 22.7 Å². The van der Waals surface area contributed by atoms with Crippen LogP contribution in [0.25, 0.3) is 0 Å². The molecule has 18 heavy (non-hydrogen) atoms. The number of rotatable bonds is 5. The van der Waals surface area contributed by atoms with Gasteiger partial charge in [0, 0.05) is 28.8 Å². The van der Waals surface area contributed by atoms with Gasteiger partial charge in [-0.2, -0.15) is 0 Å². The van der Waals surface area contributed by atoms with Crippen molar-refractivity contribution in [1.82, 2.24) is 0 Å². The monoisotopic (exact) mass is 309 g/mol. The first-order valence-electron chi connectivity index (χ1n) is 6.50. The van der Waals surface area contributed by atoms with Crippen molar-refractivity contribution in [2.24, 2.45) is 11.7 Å². The first-order valence-corrected chi connectivity index (χ1v) is 7.30. The zero-order valence-electron chi connectivity index (χ0n) is 10.7. The molecule has 1 saturated carbocycles. The van der Waals surface area contributed by atoms with E-state index in [2.05, 4.69) is 39.9 Å². The first kappa shape index (κ1) is 13.4. The second kappa shape index (κ2) is 5.74. The van der Waals surface area contributed by atoms with E-state index in [1.807, 2.05) is 6.07 Å². The Bertz CT molecular complexity index is 441. The maximum atomic E-state index is 7.49. The van der Waals surface area contributed by atoms with Crippen molar-refractivity contribution >= 4 is 27.5 Å². The summed E-state index contributed by atoms with van der Waals surface area (Å²) in [4.78, 5) is 2.40. The molecule has 0 unspecified atom stereocenters. The smallest absolute Gasteiger partial charge is 0.123 e. The summed E-state index contributed by atoms with van der Waals surface area (Å²) < 4.78 is 0.902. The summed E-state index contributed by atoms with van der Waals surface area (Å²) in [5.74, 6) is 0.965. The molecule has 0 spiro atoms. The molecule has 1 aliphatic carbocycles. The van der Waals surface area contributed by atoms with Gasteiger partial charge in [0.25, 0.3) is 0 Å². The van der Waals surface area contributed by atoms with E-state index in [0.717, 1.165) is 29.0 Å². The number of hydrogen-bond donors (Lipinski definition) is 2. The van der Waals surface area contributed by atoms with Crippen molar-refractivity contribution in [3.05, 3.63) is 28.2 Å². The molecule has 0 aromatic heterocycles. The van der Waals surface area contributed by atoms with Gasteiger partial charge in [0.1, 0.15) is 5.84 Å². The van der Waals surface area contributed by atoms with Gasteiger partial charge in [0.15, 0.2) is 0 Å². The molecule has 1 aromatic rings. The molecule has 0 amide bonds. The fourth-order valence-electron chi connectivity index (χ4n) is 2.32. The summed E-state index contributed by atoms with van der Waals surface area (Å²) in [5.41, 5.74) is 7.50. The fraction of sp³-hybridized carbons (Fsp3) is 0.500. The summed E-state index contributed by atoms with van der Waals surface area (Å²) in [6.45, 7) is 4.34. The van der Waals surface area contributed by atoms with Crippen molar-refractivity contribution in [1.29, 1.82) is 5.41 Å². The summed E-state index contributed by atoms with van der Waals surface area (Å²) in [6, 6.07) is 6.05. The number of nitrogens with one attached hydrogen (secondary N) is 1. The van der Waals surface area contributed by atoms with E-state index in [1.165, 1.54) is 24.9 Å². The number of benzene rings is 1. The first-order chi connectivity index (χ1) is 8.61. The SMILES string of the molecule is CCN(CC1CCC1)c1ccc(C(=N)N)c(Br)c1. The molecule has 1 aliphatic rings. The Labute approximate surface area is 117 Å². The van der Waals surface area contributed by atoms with Crippen LogP contribution >= 0.6 is 15.9 Å². The number of amidine groups is 1. The van der Waals surface area contributed by atoms with Crippen LogP contribution in [-0.2, 0) is 0 Å². The Morgan fingerprint density at radius 1 is 1.50 bits per heavy atom. The molecule has 1 fully saturated rings. The largest absolute Gasteiger partial charge is 0.384 e. The van der Waals surface area contributed by atoms with Crippen LogP contribution in [0.2, 0.25) is 0 Å². The summed E-state index contributed by atoms with van der Waals surface area (Å²) in [7, 11) is 0. The summed E-state index contributed by atoms with van der Waals surface area (Å²) >= 11 is 3.49. The number of nitrogen functional groups attached to an aromatic ring is 1. The minimum Gasteiger partial charge on any atom is -0.384 e. The molecule has 0 atom stereocenters. The lowest BCUT2D eigenvalue weighted by molar-refractivity contribution is 0.318. The third kappa shape index (κ3) is 2.86. The highest BCUT2D eigenvalue weighted by molar-refractivity contribution is 9.10. The third-order valence-electron chi connectivity index (χ3n) is 3.69. The quantitative estimate of drug-likeness (QED) is 0.647. The Morgan fingerprint density at radius 2 is 2.22 bits per heavy atom. The number of hydrogen-bond acceptors (Lipinski definition) is 2. The van der Waals surface area contributed by atoms with Crippen LogP contribution in [0, 0.1) is 11.3 Å². The van der Waals surface area contributed by atoms with Gasteiger partial charge in [-0.3, -0.25) is 5.41 Å². The maximum Gasteiger partial charge on any atom is 0.123 e. The van der Waals surface area contributed by atoms with Crippen LogP contribution in [0.1, 0.15) is 31.7 Å². The second-order valence-electron chi connectivity index (χ2n) is 4.91. The van der Waals surface area contributed by atoms with Crippen molar-refractivity contribution in [3.8, 4) is 0 Å². The molecule has 98 valence electrons. The van der Waals surface area contributed by atoms with Crippen LogP contribution in [0.4, 0.5) is 5.69 Å². The minimum absolute atomic E-state index is 0.107. The van der Waals surface area contributed by atoms with Gasteiger partial charge in [0.05, 0.1) is 0 Å². The molecular weight excluding hydrogens is 290 g/mol. The Balaban J connectivity index is 2.14. The molecule has 0 saturated heterocycles. The molecular formula is C14H20BrN3. The molecule has 1 aromatic carbocycles. The van der Waals surface area contributed by atoms with Gasteiger partial charge in [-0.05, 0) is 59.8 Å².